The van der Waals surface area contributed by atoms with Crippen LogP contribution in [0.5, 0.6) is 0 Å². The molecule has 0 saturated carbocycles. The molecule has 2 heterocycles. The zero-order valence-corrected chi connectivity index (χ0v) is 11.9. The lowest BCUT2D eigenvalue weighted by Gasteiger charge is -2.10. The molecule has 6 heteroatoms. The predicted octanol–water partition coefficient (Wildman–Crippen LogP) is 2.71. The van der Waals surface area contributed by atoms with Crippen molar-refractivity contribution in [2.24, 2.45) is 5.84 Å². The van der Waals surface area contributed by atoms with Gasteiger partial charge in [0.1, 0.15) is 0 Å². The minimum Gasteiger partial charge on any atom is -0.337 e. The summed E-state index contributed by atoms with van der Waals surface area (Å²) in [6.07, 6.45) is 7.61. The summed E-state index contributed by atoms with van der Waals surface area (Å²) in [6.45, 7) is 2.18. The number of rotatable bonds is 5. The van der Waals surface area contributed by atoms with Crippen LogP contribution in [-0.2, 0) is 6.42 Å². The van der Waals surface area contributed by atoms with Gasteiger partial charge in [0.15, 0.2) is 17.3 Å². The largest absolute Gasteiger partial charge is 0.337 e. The average Bonchev–Trinajstić information content (AvgIpc) is 2.98. The van der Waals surface area contributed by atoms with Gasteiger partial charge in [0, 0.05) is 18.1 Å². The van der Waals surface area contributed by atoms with Gasteiger partial charge >= 0.3 is 0 Å². The second-order valence-corrected chi connectivity index (χ2v) is 4.85. The minimum atomic E-state index is 0.575. The SMILES string of the molecule is CCCc1ccc(Nc2nc(NN)cn3ccnc23)cc1. The van der Waals surface area contributed by atoms with Gasteiger partial charge in [0.05, 0.1) is 6.20 Å². The van der Waals surface area contributed by atoms with Crippen molar-refractivity contribution in [3.05, 3.63) is 48.4 Å². The van der Waals surface area contributed by atoms with Gasteiger partial charge < -0.3 is 15.1 Å². The Morgan fingerprint density at radius 2 is 2.05 bits per heavy atom. The molecule has 0 amide bonds. The van der Waals surface area contributed by atoms with Gasteiger partial charge in [-0.2, -0.15) is 0 Å². The van der Waals surface area contributed by atoms with Crippen LogP contribution < -0.4 is 16.6 Å². The first kappa shape index (κ1) is 13.4. The molecule has 0 aliphatic heterocycles. The maximum atomic E-state index is 5.45. The molecule has 2 aromatic heterocycles. The normalized spacial score (nSPS) is 10.8. The van der Waals surface area contributed by atoms with Crippen LogP contribution in [0.15, 0.2) is 42.9 Å². The molecule has 4 N–H and O–H groups in total. The van der Waals surface area contributed by atoms with E-state index in [1.807, 2.05) is 10.6 Å². The summed E-state index contributed by atoms with van der Waals surface area (Å²) in [6, 6.07) is 8.35. The summed E-state index contributed by atoms with van der Waals surface area (Å²) < 4.78 is 1.87. The van der Waals surface area contributed by atoms with Crippen LogP contribution in [0.4, 0.5) is 17.3 Å². The predicted molar refractivity (Wildman–Crippen MR) is 84.5 cm³/mol. The fourth-order valence-corrected chi connectivity index (χ4v) is 2.27. The number of hydrogen-bond acceptors (Lipinski definition) is 5. The van der Waals surface area contributed by atoms with Crippen LogP contribution in [0.2, 0.25) is 0 Å². The van der Waals surface area contributed by atoms with Gasteiger partial charge in [0.25, 0.3) is 0 Å². The number of imidazole rings is 1. The molecule has 0 saturated heterocycles. The van der Waals surface area contributed by atoms with Crippen LogP contribution in [0, 0.1) is 0 Å². The monoisotopic (exact) mass is 282 g/mol. The number of fused-ring (bicyclic) bond motifs is 1. The highest BCUT2D eigenvalue weighted by molar-refractivity contribution is 5.71. The summed E-state index contributed by atoms with van der Waals surface area (Å²) in [7, 11) is 0. The maximum absolute atomic E-state index is 5.45. The van der Waals surface area contributed by atoms with E-state index in [1.165, 1.54) is 5.56 Å². The van der Waals surface area contributed by atoms with Crippen molar-refractivity contribution in [3.8, 4) is 0 Å². The highest BCUT2D eigenvalue weighted by Crippen LogP contribution is 2.21. The maximum Gasteiger partial charge on any atom is 0.180 e. The average molecular weight is 282 g/mol. The molecule has 3 rings (SSSR count). The Balaban J connectivity index is 1.91. The smallest absolute Gasteiger partial charge is 0.180 e. The van der Waals surface area contributed by atoms with Crippen LogP contribution in [0.3, 0.4) is 0 Å². The second kappa shape index (κ2) is 5.80. The highest BCUT2D eigenvalue weighted by Gasteiger charge is 2.07. The summed E-state index contributed by atoms with van der Waals surface area (Å²) in [5.41, 5.74) is 5.62. The topological polar surface area (TPSA) is 80.3 Å². The molecule has 1 aromatic carbocycles. The number of nitrogens with two attached hydrogens (primary N) is 1. The molecule has 3 aromatic rings. The van der Waals surface area contributed by atoms with Gasteiger partial charge in [-0.3, -0.25) is 0 Å². The van der Waals surface area contributed by atoms with Crippen molar-refractivity contribution in [2.75, 3.05) is 10.7 Å². The van der Waals surface area contributed by atoms with Crippen LogP contribution in [0.1, 0.15) is 18.9 Å². The molecule has 0 aliphatic carbocycles. The first-order chi connectivity index (χ1) is 10.3. The summed E-state index contributed by atoms with van der Waals surface area (Å²) in [5.74, 6) is 6.69. The first-order valence-corrected chi connectivity index (χ1v) is 6.96. The highest BCUT2D eigenvalue weighted by atomic mass is 15.3. The molecule has 0 unspecified atom stereocenters. The lowest BCUT2D eigenvalue weighted by atomic mass is 10.1. The molecule has 0 atom stereocenters. The van der Waals surface area contributed by atoms with Gasteiger partial charge in [-0.15, -0.1) is 0 Å². The Morgan fingerprint density at radius 1 is 1.24 bits per heavy atom. The molecule has 0 fully saturated rings. The van der Waals surface area contributed by atoms with Crippen molar-refractivity contribution in [1.29, 1.82) is 0 Å². The van der Waals surface area contributed by atoms with Crippen molar-refractivity contribution in [3.63, 3.8) is 0 Å². The zero-order chi connectivity index (χ0) is 14.7. The van der Waals surface area contributed by atoms with Crippen LogP contribution in [0.25, 0.3) is 5.65 Å². The number of nitrogen functional groups attached to an aromatic ring is 1. The number of hydrogen-bond donors (Lipinski definition) is 3. The van der Waals surface area contributed by atoms with E-state index in [9.17, 15) is 0 Å². The third kappa shape index (κ3) is 2.80. The Hall–Kier alpha value is -2.60. The van der Waals surface area contributed by atoms with E-state index in [0.717, 1.165) is 24.2 Å². The molecule has 0 bridgehead atoms. The van der Waals surface area contributed by atoms with Crippen LogP contribution in [-0.4, -0.2) is 14.4 Å². The third-order valence-electron chi connectivity index (χ3n) is 3.28. The van der Waals surface area contributed by atoms with Crippen molar-refractivity contribution < 1.29 is 0 Å². The van der Waals surface area contributed by atoms with E-state index < -0.39 is 0 Å². The van der Waals surface area contributed by atoms with E-state index in [2.05, 4.69) is 51.9 Å². The van der Waals surface area contributed by atoms with Crippen molar-refractivity contribution >= 4 is 23.0 Å². The quantitative estimate of drug-likeness (QED) is 0.495. The fraction of sp³-hybridized carbons (Fsp3) is 0.200. The van der Waals surface area contributed by atoms with E-state index in [4.69, 9.17) is 5.84 Å². The van der Waals surface area contributed by atoms with Gasteiger partial charge in [-0.05, 0) is 24.1 Å². The Bertz CT molecular complexity index is 732. The lowest BCUT2D eigenvalue weighted by Crippen LogP contribution is -2.11. The van der Waals surface area contributed by atoms with E-state index >= 15 is 0 Å². The molecule has 0 radical (unpaired) electrons. The molecule has 108 valence electrons. The lowest BCUT2D eigenvalue weighted by molar-refractivity contribution is 0.922. The summed E-state index contributed by atoms with van der Waals surface area (Å²) in [4.78, 5) is 8.72. The van der Waals surface area contributed by atoms with Gasteiger partial charge in [-0.1, -0.05) is 25.5 Å². The Kier molecular flexibility index (Phi) is 3.70. The molecule has 21 heavy (non-hydrogen) atoms. The minimum absolute atomic E-state index is 0.575. The number of hydrazine groups is 1. The third-order valence-corrected chi connectivity index (χ3v) is 3.28. The van der Waals surface area contributed by atoms with Gasteiger partial charge in [0.2, 0.25) is 0 Å². The first-order valence-electron chi connectivity index (χ1n) is 6.96. The number of nitrogens with zero attached hydrogens (tertiary/aromatic N) is 3. The van der Waals surface area contributed by atoms with E-state index in [0.29, 0.717) is 11.6 Å². The zero-order valence-electron chi connectivity index (χ0n) is 11.9. The van der Waals surface area contributed by atoms with E-state index in [1.54, 1.807) is 12.4 Å². The number of aromatic nitrogens is 3. The Labute approximate surface area is 123 Å². The Morgan fingerprint density at radius 3 is 2.76 bits per heavy atom. The number of anilines is 3. The molecule has 0 spiro atoms. The van der Waals surface area contributed by atoms with Crippen LogP contribution >= 0.6 is 0 Å². The van der Waals surface area contributed by atoms with Gasteiger partial charge in [-0.25, -0.2) is 15.8 Å². The van der Waals surface area contributed by atoms with Crippen molar-refractivity contribution in [1.82, 2.24) is 14.4 Å². The summed E-state index contributed by atoms with van der Waals surface area (Å²) >= 11 is 0. The second-order valence-electron chi connectivity index (χ2n) is 4.85. The van der Waals surface area contributed by atoms with E-state index in [-0.39, 0.29) is 0 Å². The van der Waals surface area contributed by atoms with Crippen molar-refractivity contribution in [2.45, 2.75) is 19.8 Å². The number of benzene rings is 1. The molecular weight excluding hydrogens is 264 g/mol. The summed E-state index contributed by atoms with van der Waals surface area (Å²) in [5, 5.41) is 3.29. The molecule has 6 nitrogen and oxygen atoms in total. The standard InChI is InChI=1S/C15H18N6/c1-2-3-11-4-6-12(7-5-11)18-14-15-17-8-9-21(15)10-13(19-14)20-16/h4-10,20H,2-3,16H2,1H3,(H,18,19). The molecular formula is C15H18N6. The number of nitrogens with one attached hydrogen (secondary N) is 2. The molecule has 0 aliphatic rings. The fourth-order valence-electron chi connectivity index (χ4n) is 2.27. The number of aryl methyl sites for hydroxylation is 1.